The Kier molecular flexibility index (Phi) is 3.57. The molecule has 1 unspecified atom stereocenters. The summed E-state index contributed by atoms with van der Waals surface area (Å²) in [4.78, 5) is 13.4. The van der Waals surface area contributed by atoms with Crippen LogP contribution in [0, 0.1) is 5.41 Å². The van der Waals surface area contributed by atoms with Gasteiger partial charge in [0, 0.05) is 6.54 Å². The molecule has 0 bridgehead atoms. The summed E-state index contributed by atoms with van der Waals surface area (Å²) in [6, 6.07) is 10.1. The van der Waals surface area contributed by atoms with Gasteiger partial charge in [0.1, 0.15) is 0 Å². The fourth-order valence-electron chi connectivity index (χ4n) is 3.46. The second-order valence-electron chi connectivity index (χ2n) is 6.37. The molecule has 0 radical (unpaired) electrons. The molecule has 1 heterocycles. The Hall–Kier alpha value is -1.51. The van der Waals surface area contributed by atoms with E-state index in [-0.39, 0.29) is 5.41 Å². The van der Waals surface area contributed by atoms with Crippen molar-refractivity contribution in [2.45, 2.75) is 45.6 Å². The van der Waals surface area contributed by atoms with Crippen molar-refractivity contribution < 1.29 is 9.90 Å². The van der Waals surface area contributed by atoms with Crippen LogP contribution in [0.15, 0.2) is 30.3 Å². The lowest BCUT2D eigenvalue weighted by Gasteiger charge is -2.54. The SMILES string of the molecule is CC(C)(C)C1(c2ccccc2)CCCCN1C(=O)O. The number of piperidine rings is 1. The fraction of sp³-hybridized carbons (Fsp3) is 0.562. The lowest BCUT2D eigenvalue weighted by molar-refractivity contribution is -0.0293. The molecule has 1 atom stereocenters. The van der Waals surface area contributed by atoms with Gasteiger partial charge in [-0.2, -0.15) is 0 Å². The standard InChI is InChI=1S/C16H23NO2/c1-15(2,3)16(13-9-5-4-6-10-13)11-7-8-12-17(16)14(18)19/h4-6,9-10H,7-8,11-12H2,1-3H3,(H,18,19). The molecule has 19 heavy (non-hydrogen) atoms. The van der Waals surface area contributed by atoms with E-state index in [0.717, 1.165) is 24.8 Å². The van der Waals surface area contributed by atoms with Gasteiger partial charge in [-0.25, -0.2) is 4.79 Å². The Balaban J connectivity index is 2.60. The number of hydrogen-bond donors (Lipinski definition) is 1. The summed E-state index contributed by atoms with van der Waals surface area (Å²) in [5.41, 5.74) is 0.565. The van der Waals surface area contributed by atoms with Crippen LogP contribution in [-0.2, 0) is 5.54 Å². The Labute approximate surface area is 115 Å². The lowest BCUT2D eigenvalue weighted by Crippen LogP contribution is -2.58. The number of hydrogen-bond acceptors (Lipinski definition) is 1. The highest BCUT2D eigenvalue weighted by atomic mass is 16.4. The zero-order valence-electron chi connectivity index (χ0n) is 12.0. The van der Waals surface area contributed by atoms with Crippen molar-refractivity contribution in [2.75, 3.05) is 6.54 Å². The average molecular weight is 261 g/mol. The number of amides is 1. The Morgan fingerprint density at radius 3 is 2.37 bits per heavy atom. The summed E-state index contributed by atoms with van der Waals surface area (Å²) in [6.07, 6.45) is 2.12. The van der Waals surface area contributed by atoms with Gasteiger partial charge >= 0.3 is 6.09 Å². The number of benzene rings is 1. The quantitative estimate of drug-likeness (QED) is 0.827. The third kappa shape index (κ3) is 2.22. The van der Waals surface area contributed by atoms with Gasteiger partial charge in [-0.1, -0.05) is 51.1 Å². The van der Waals surface area contributed by atoms with Crippen LogP contribution >= 0.6 is 0 Å². The van der Waals surface area contributed by atoms with Crippen LogP contribution in [0.25, 0.3) is 0 Å². The van der Waals surface area contributed by atoms with E-state index in [1.165, 1.54) is 0 Å². The van der Waals surface area contributed by atoms with E-state index in [0.29, 0.717) is 6.54 Å². The topological polar surface area (TPSA) is 40.5 Å². The number of likely N-dealkylation sites (tertiary alicyclic amines) is 1. The van der Waals surface area contributed by atoms with Crippen molar-refractivity contribution in [3.05, 3.63) is 35.9 Å². The Bertz CT molecular complexity index is 450. The van der Waals surface area contributed by atoms with Gasteiger partial charge in [-0.15, -0.1) is 0 Å². The molecule has 1 aromatic rings. The van der Waals surface area contributed by atoms with Crippen LogP contribution in [0.3, 0.4) is 0 Å². The first kappa shape index (κ1) is 13.9. The lowest BCUT2D eigenvalue weighted by atomic mass is 9.64. The molecule has 1 saturated heterocycles. The van der Waals surface area contributed by atoms with E-state index in [1.54, 1.807) is 4.90 Å². The first-order chi connectivity index (χ1) is 8.89. The smallest absolute Gasteiger partial charge is 0.408 e. The molecule has 0 aromatic heterocycles. The molecule has 3 nitrogen and oxygen atoms in total. The van der Waals surface area contributed by atoms with Gasteiger partial charge in [0.2, 0.25) is 0 Å². The molecule has 104 valence electrons. The first-order valence-electron chi connectivity index (χ1n) is 6.96. The van der Waals surface area contributed by atoms with E-state index < -0.39 is 11.6 Å². The zero-order chi connectivity index (χ0) is 14.1. The van der Waals surface area contributed by atoms with Gasteiger partial charge in [-0.3, -0.25) is 4.90 Å². The third-order valence-electron chi connectivity index (χ3n) is 4.35. The number of carboxylic acid groups (broad SMARTS) is 1. The molecule has 2 rings (SSSR count). The van der Waals surface area contributed by atoms with Crippen LogP contribution in [-0.4, -0.2) is 22.6 Å². The van der Waals surface area contributed by atoms with Crippen LogP contribution in [0.2, 0.25) is 0 Å². The van der Waals surface area contributed by atoms with Crippen molar-refractivity contribution in [3.8, 4) is 0 Å². The van der Waals surface area contributed by atoms with Crippen LogP contribution in [0.4, 0.5) is 4.79 Å². The summed E-state index contributed by atoms with van der Waals surface area (Å²) in [5.74, 6) is 0. The monoisotopic (exact) mass is 261 g/mol. The van der Waals surface area contributed by atoms with E-state index in [9.17, 15) is 9.90 Å². The molecular weight excluding hydrogens is 238 g/mol. The average Bonchev–Trinajstić information content (AvgIpc) is 2.38. The van der Waals surface area contributed by atoms with Crippen molar-refractivity contribution in [2.24, 2.45) is 5.41 Å². The third-order valence-corrected chi connectivity index (χ3v) is 4.35. The molecule has 1 aromatic carbocycles. The van der Waals surface area contributed by atoms with Gasteiger partial charge in [-0.05, 0) is 30.2 Å². The maximum absolute atomic E-state index is 11.7. The largest absolute Gasteiger partial charge is 0.465 e. The predicted molar refractivity (Wildman–Crippen MR) is 76.2 cm³/mol. The van der Waals surface area contributed by atoms with E-state index in [4.69, 9.17) is 0 Å². The number of nitrogens with zero attached hydrogens (tertiary/aromatic N) is 1. The van der Waals surface area contributed by atoms with Gasteiger partial charge in [0.05, 0.1) is 5.54 Å². The molecule has 0 saturated carbocycles. The van der Waals surface area contributed by atoms with Crippen molar-refractivity contribution >= 4 is 6.09 Å². The highest BCUT2D eigenvalue weighted by Gasteiger charge is 2.51. The van der Waals surface area contributed by atoms with Crippen LogP contribution < -0.4 is 0 Å². The second kappa shape index (κ2) is 4.87. The first-order valence-corrected chi connectivity index (χ1v) is 6.96. The molecule has 1 fully saturated rings. The maximum atomic E-state index is 11.7. The molecule has 1 N–H and O–H groups in total. The molecule has 0 spiro atoms. The molecule has 0 aliphatic carbocycles. The molecule has 1 amide bonds. The van der Waals surface area contributed by atoms with E-state index in [1.807, 2.05) is 18.2 Å². The highest BCUT2D eigenvalue weighted by Crippen LogP contribution is 2.50. The maximum Gasteiger partial charge on any atom is 0.408 e. The van der Waals surface area contributed by atoms with Crippen molar-refractivity contribution in [1.29, 1.82) is 0 Å². The molecular formula is C16H23NO2. The van der Waals surface area contributed by atoms with Crippen LogP contribution in [0.5, 0.6) is 0 Å². The summed E-state index contributed by atoms with van der Waals surface area (Å²) in [7, 11) is 0. The summed E-state index contributed by atoms with van der Waals surface area (Å²) < 4.78 is 0. The van der Waals surface area contributed by atoms with E-state index in [2.05, 4.69) is 32.9 Å². The normalized spacial score (nSPS) is 24.3. The summed E-state index contributed by atoms with van der Waals surface area (Å²) in [6.45, 7) is 7.05. The Morgan fingerprint density at radius 2 is 1.84 bits per heavy atom. The molecule has 1 aliphatic rings. The number of carbonyl (C=O) groups is 1. The van der Waals surface area contributed by atoms with Crippen molar-refractivity contribution in [1.82, 2.24) is 4.90 Å². The Morgan fingerprint density at radius 1 is 1.21 bits per heavy atom. The zero-order valence-corrected chi connectivity index (χ0v) is 12.0. The van der Waals surface area contributed by atoms with Gasteiger partial charge in [0.15, 0.2) is 0 Å². The minimum atomic E-state index is -0.807. The second-order valence-corrected chi connectivity index (χ2v) is 6.37. The van der Waals surface area contributed by atoms with Crippen LogP contribution in [0.1, 0.15) is 45.6 Å². The van der Waals surface area contributed by atoms with Gasteiger partial charge < -0.3 is 5.11 Å². The summed E-state index contributed by atoms with van der Waals surface area (Å²) >= 11 is 0. The predicted octanol–water partition coefficient (Wildman–Crippen LogP) is 4.09. The fourth-order valence-corrected chi connectivity index (χ4v) is 3.46. The van der Waals surface area contributed by atoms with Gasteiger partial charge in [0.25, 0.3) is 0 Å². The number of rotatable bonds is 1. The van der Waals surface area contributed by atoms with E-state index >= 15 is 0 Å². The minimum Gasteiger partial charge on any atom is -0.465 e. The molecule has 3 heteroatoms. The summed E-state index contributed by atoms with van der Waals surface area (Å²) in [5, 5.41) is 9.62. The highest BCUT2D eigenvalue weighted by molar-refractivity contribution is 5.67. The van der Waals surface area contributed by atoms with Crippen molar-refractivity contribution in [3.63, 3.8) is 0 Å². The minimum absolute atomic E-state index is 0.132. The molecule has 1 aliphatic heterocycles.